The normalized spacial score (nSPS) is 30.6. The molecular formula is C17H28ClN3. The number of hydrogen-bond donors (Lipinski definition) is 1. The third-order valence-electron chi connectivity index (χ3n) is 5.20. The van der Waals surface area contributed by atoms with E-state index in [1.54, 1.807) is 0 Å². The van der Waals surface area contributed by atoms with Crippen LogP contribution in [0.15, 0.2) is 24.5 Å². The summed E-state index contributed by atoms with van der Waals surface area (Å²) < 4.78 is 0. The summed E-state index contributed by atoms with van der Waals surface area (Å²) in [5, 5.41) is 3.55. The van der Waals surface area contributed by atoms with Crippen molar-refractivity contribution in [2.45, 2.75) is 38.6 Å². The molecule has 0 amide bonds. The summed E-state index contributed by atoms with van der Waals surface area (Å²) in [7, 11) is 0. The van der Waals surface area contributed by atoms with Crippen LogP contribution < -0.4 is 5.32 Å². The van der Waals surface area contributed by atoms with Crippen molar-refractivity contribution in [3.8, 4) is 0 Å². The van der Waals surface area contributed by atoms with Crippen LogP contribution in [-0.4, -0.2) is 36.1 Å². The lowest BCUT2D eigenvalue weighted by Crippen LogP contribution is -2.48. The number of nitrogens with zero attached hydrogens (tertiary/aromatic N) is 2. The fraction of sp³-hybridized carbons (Fsp3) is 0.706. The van der Waals surface area contributed by atoms with E-state index in [4.69, 9.17) is 0 Å². The Morgan fingerprint density at radius 2 is 2.00 bits per heavy atom. The Morgan fingerprint density at radius 3 is 2.76 bits per heavy atom. The Bertz CT molecular complexity index is 412. The molecule has 3 rings (SSSR count). The molecule has 3 nitrogen and oxygen atoms in total. The summed E-state index contributed by atoms with van der Waals surface area (Å²) in [5.41, 5.74) is 1.41. The Kier molecular flexibility index (Phi) is 6.46. The van der Waals surface area contributed by atoms with Crippen LogP contribution in [0.5, 0.6) is 0 Å². The number of piperazine rings is 1. The molecule has 0 radical (unpaired) electrons. The summed E-state index contributed by atoms with van der Waals surface area (Å²) in [6.45, 7) is 7.10. The molecule has 0 bridgehead atoms. The number of pyridine rings is 1. The molecule has 2 heterocycles. The molecule has 4 heteroatoms. The standard InChI is InChI=1S/C17H27N3.ClH/c1-14-4-2-3-5-16(14)13-20-11-10-19-12-17(20)15-6-8-18-9-7-15;/h6-9,14,16-17,19H,2-5,10-13H2,1H3;1H. The zero-order valence-electron chi connectivity index (χ0n) is 13.0. The zero-order valence-corrected chi connectivity index (χ0v) is 13.8. The SMILES string of the molecule is CC1CCCCC1CN1CCNCC1c1ccncc1.Cl. The molecule has 1 N–H and O–H groups in total. The molecule has 1 aromatic heterocycles. The Balaban J connectivity index is 0.00000161. The molecule has 1 aliphatic carbocycles. The third kappa shape index (κ3) is 4.18. The lowest BCUT2D eigenvalue weighted by molar-refractivity contribution is 0.102. The predicted molar refractivity (Wildman–Crippen MR) is 89.8 cm³/mol. The summed E-state index contributed by atoms with van der Waals surface area (Å²) in [5.74, 6) is 1.79. The maximum atomic E-state index is 4.15. The van der Waals surface area contributed by atoms with E-state index in [1.165, 1.54) is 44.3 Å². The fourth-order valence-electron chi connectivity index (χ4n) is 3.84. The Hall–Kier alpha value is -0.640. The maximum absolute atomic E-state index is 4.15. The van der Waals surface area contributed by atoms with Crippen molar-refractivity contribution in [1.82, 2.24) is 15.2 Å². The van der Waals surface area contributed by atoms with Gasteiger partial charge < -0.3 is 5.32 Å². The van der Waals surface area contributed by atoms with Gasteiger partial charge >= 0.3 is 0 Å². The van der Waals surface area contributed by atoms with Crippen molar-refractivity contribution in [2.75, 3.05) is 26.2 Å². The minimum Gasteiger partial charge on any atom is -0.314 e. The summed E-state index contributed by atoms with van der Waals surface area (Å²) in [6.07, 6.45) is 9.57. The van der Waals surface area contributed by atoms with Gasteiger partial charge in [0.1, 0.15) is 0 Å². The lowest BCUT2D eigenvalue weighted by Gasteiger charge is -2.41. The van der Waals surface area contributed by atoms with E-state index in [1.807, 2.05) is 12.4 Å². The van der Waals surface area contributed by atoms with Crippen LogP contribution in [0.2, 0.25) is 0 Å². The van der Waals surface area contributed by atoms with Gasteiger partial charge in [-0.1, -0.05) is 26.2 Å². The third-order valence-corrected chi connectivity index (χ3v) is 5.20. The maximum Gasteiger partial charge on any atom is 0.0474 e. The van der Waals surface area contributed by atoms with Crippen LogP contribution in [0, 0.1) is 11.8 Å². The van der Waals surface area contributed by atoms with E-state index < -0.39 is 0 Å². The second-order valence-corrected chi connectivity index (χ2v) is 6.52. The second-order valence-electron chi connectivity index (χ2n) is 6.52. The molecule has 0 spiro atoms. The minimum absolute atomic E-state index is 0. The van der Waals surface area contributed by atoms with Crippen LogP contribution in [-0.2, 0) is 0 Å². The van der Waals surface area contributed by atoms with E-state index in [9.17, 15) is 0 Å². The molecule has 0 aromatic carbocycles. The fourth-order valence-corrected chi connectivity index (χ4v) is 3.84. The van der Waals surface area contributed by atoms with Crippen LogP contribution in [0.1, 0.15) is 44.2 Å². The molecule has 2 aliphatic rings. The number of aromatic nitrogens is 1. The molecule has 1 saturated carbocycles. The first-order valence-corrected chi connectivity index (χ1v) is 8.19. The molecule has 2 fully saturated rings. The van der Waals surface area contributed by atoms with Gasteiger partial charge in [-0.25, -0.2) is 0 Å². The van der Waals surface area contributed by atoms with E-state index >= 15 is 0 Å². The van der Waals surface area contributed by atoms with Crippen molar-refractivity contribution in [3.05, 3.63) is 30.1 Å². The van der Waals surface area contributed by atoms with Gasteiger partial charge in [-0.2, -0.15) is 0 Å². The second kappa shape index (κ2) is 8.11. The van der Waals surface area contributed by atoms with E-state index in [0.29, 0.717) is 6.04 Å². The first kappa shape index (κ1) is 16.7. The number of nitrogens with one attached hydrogen (secondary N) is 1. The first-order valence-electron chi connectivity index (χ1n) is 8.19. The summed E-state index contributed by atoms with van der Waals surface area (Å²) in [6, 6.07) is 4.88. The van der Waals surface area contributed by atoms with Crippen LogP contribution >= 0.6 is 12.4 Å². The number of hydrogen-bond acceptors (Lipinski definition) is 3. The van der Waals surface area contributed by atoms with Crippen LogP contribution in [0.3, 0.4) is 0 Å². The van der Waals surface area contributed by atoms with E-state index in [-0.39, 0.29) is 12.4 Å². The van der Waals surface area contributed by atoms with Crippen LogP contribution in [0.25, 0.3) is 0 Å². The summed E-state index contributed by atoms with van der Waals surface area (Å²) >= 11 is 0. The molecule has 3 atom stereocenters. The molecule has 118 valence electrons. The molecule has 1 aromatic rings. The van der Waals surface area contributed by atoms with E-state index in [2.05, 4.69) is 34.3 Å². The highest BCUT2D eigenvalue weighted by molar-refractivity contribution is 5.85. The smallest absolute Gasteiger partial charge is 0.0474 e. The molecule has 1 aliphatic heterocycles. The highest BCUT2D eigenvalue weighted by Gasteiger charge is 2.29. The van der Waals surface area contributed by atoms with Gasteiger partial charge in [0.2, 0.25) is 0 Å². The van der Waals surface area contributed by atoms with Gasteiger partial charge in [0.25, 0.3) is 0 Å². The Morgan fingerprint density at radius 1 is 1.24 bits per heavy atom. The van der Waals surface area contributed by atoms with Crippen molar-refractivity contribution in [2.24, 2.45) is 11.8 Å². The summed E-state index contributed by atoms with van der Waals surface area (Å²) in [4.78, 5) is 6.86. The zero-order chi connectivity index (χ0) is 13.8. The molecule has 3 unspecified atom stereocenters. The molecule has 21 heavy (non-hydrogen) atoms. The van der Waals surface area contributed by atoms with Gasteiger partial charge in [0, 0.05) is 44.6 Å². The van der Waals surface area contributed by atoms with Gasteiger partial charge in [0.15, 0.2) is 0 Å². The topological polar surface area (TPSA) is 28.2 Å². The number of rotatable bonds is 3. The lowest BCUT2D eigenvalue weighted by atomic mass is 9.80. The van der Waals surface area contributed by atoms with Gasteiger partial charge in [-0.3, -0.25) is 9.88 Å². The molecular weight excluding hydrogens is 282 g/mol. The highest BCUT2D eigenvalue weighted by Crippen LogP contribution is 2.32. The monoisotopic (exact) mass is 309 g/mol. The van der Waals surface area contributed by atoms with Crippen molar-refractivity contribution >= 4 is 12.4 Å². The van der Waals surface area contributed by atoms with Crippen molar-refractivity contribution in [1.29, 1.82) is 0 Å². The van der Waals surface area contributed by atoms with Crippen LogP contribution in [0.4, 0.5) is 0 Å². The van der Waals surface area contributed by atoms with E-state index in [0.717, 1.165) is 24.9 Å². The Labute approximate surface area is 134 Å². The van der Waals surface area contributed by atoms with Crippen molar-refractivity contribution < 1.29 is 0 Å². The minimum atomic E-state index is 0. The largest absolute Gasteiger partial charge is 0.314 e. The average molecular weight is 310 g/mol. The van der Waals surface area contributed by atoms with Gasteiger partial charge in [-0.15, -0.1) is 12.4 Å². The highest BCUT2D eigenvalue weighted by atomic mass is 35.5. The van der Waals surface area contributed by atoms with Crippen molar-refractivity contribution in [3.63, 3.8) is 0 Å². The molecule has 1 saturated heterocycles. The van der Waals surface area contributed by atoms with Gasteiger partial charge in [0.05, 0.1) is 0 Å². The number of halogens is 1. The average Bonchev–Trinajstić information content (AvgIpc) is 2.51. The van der Waals surface area contributed by atoms with Gasteiger partial charge in [-0.05, 0) is 36.0 Å². The predicted octanol–water partition coefficient (Wildman–Crippen LogP) is 3.28. The quantitative estimate of drug-likeness (QED) is 0.929. The first-order chi connectivity index (χ1) is 9.84.